The summed E-state index contributed by atoms with van der Waals surface area (Å²) in [7, 11) is 0. The zero-order valence-corrected chi connectivity index (χ0v) is 18.2. The minimum Gasteiger partial charge on any atom is -0.367 e. The molecule has 2 aliphatic heterocycles. The summed E-state index contributed by atoms with van der Waals surface area (Å²) in [5.74, 6) is -2.64. The molecule has 0 fully saturated rings. The monoisotopic (exact) mass is 418 g/mol. The molecular formula is C24H29ClF2N2. The number of halogens is 3. The first-order valence-electron chi connectivity index (χ1n) is 10.0. The van der Waals surface area contributed by atoms with E-state index in [-0.39, 0.29) is 6.42 Å². The zero-order valence-electron chi connectivity index (χ0n) is 17.5. The quantitative estimate of drug-likeness (QED) is 0.568. The molecule has 1 aromatic carbocycles. The van der Waals surface area contributed by atoms with Crippen LogP contribution in [0.1, 0.15) is 50.3 Å². The Balaban J connectivity index is 1.81. The fourth-order valence-electron chi connectivity index (χ4n) is 4.10. The second-order valence-corrected chi connectivity index (χ2v) is 8.59. The van der Waals surface area contributed by atoms with Gasteiger partial charge in [-0.1, -0.05) is 36.9 Å². The molecule has 0 spiro atoms. The number of aryl methyl sites for hydroxylation is 1. The first-order valence-corrected chi connectivity index (χ1v) is 10.4. The number of hydrogen-bond acceptors (Lipinski definition) is 2. The van der Waals surface area contributed by atoms with Crippen molar-refractivity contribution in [3.8, 4) is 0 Å². The van der Waals surface area contributed by atoms with Gasteiger partial charge < -0.3 is 10.2 Å². The molecule has 0 atom stereocenters. The zero-order chi connectivity index (χ0) is 21.3. The summed E-state index contributed by atoms with van der Waals surface area (Å²) < 4.78 is 26.3. The maximum Gasteiger partial charge on any atom is 0.245 e. The van der Waals surface area contributed by atoms with E-state index >= 15 is 0 Å². The van der Waals surface area contributed by atoms with Crippen LogP contribution in [0.5, 0.6) is 0 Å². The number of dihydropyridines is 1. The molecule has 1 aromatic rings. The van der Waals surface area contributed by atoms with Crippen molar-refractivity contribution in [3.05, 3.63) is 75.6 Å². The number of fused-ring (bicyclic) bond motifs is 1. The lowest BCUT2D eigenvalue weighted by atomic mass is 9.92. The molecule has 2 aliphatic rings. The third-order valence-corrected chi connectivity index (χ3v) is 6.09. The van der Waals surface area contributed by atoms with E-state index in [0.717, 1.165) is 53.7 Å². The molecule has 2 nitrogen and oxygen atoms in total. The van der Waals surface area contributed by atoms with Gasteiger partial charge in [-0.05, 0) is 68.4 Å². The van der Waals surface area contributed by atoms with Crippen molar-refractivity contribution in [2.75, 3.05) is 13.1 Å². The highest BCUT2D eigenvalue weighted by atomic mass is 35.5. The lowest BCUT2D eigenvalue weighted by Crippen LogP contribution is -2.33. The molecule has 5 heteroatoms. The minimum absolute atomic E-state index is 0.136. The van der Waals surface area contributed by atoms with Crippen LogP contribution in [0, 0.1) is 0 Å². The van der Waals surface area contributed by atoms with Crippen LogP contribution in [0.15, 0.2) is 53.9 Å². The summed E-state index contributed by atoms with van der Waals surface area (Å²) in [6, 6.07) is 4.05. The van der Waals surface area contributed by atoms with Gasteiger partial charge in [0.05, 0.1) is 5.02 Å². The molecular weight excluding hydrogens is 390 g/mol. The van der Waals surface area contributed by atoms with Gasteiger partial charge in [-0.2, -0.15) is 0 Å². The second kappa shape index (κ2) is 8.35. The predicted molar refractivity (Wildman–Crippen MR) is 118 cm³/mol. The summed E-state index contributed by atoms with van der Waals surface area (Å²) in [5, 5.41) is 3.96. The summed E-state index contributed by atoms with van der Waals surface area (Å²) in [6.45, 7) is 15.1. The topological polar surface area (TPSA) is 15.3 Å². The van der Waals surface area contributed by atoms with Crippen LogP contribution in [-0.2, 0) is 12.8 Å². The van der Waals surface area contributed by atoms with Gasteiger partial charge in [-0.25, -0.2) is 8.78 Å². The summed E-state index contributed by atoms with van der Waals surface area (Å²) in [5.41, 5.74) is 8.29. The van der Waals surface area contributed by atoms with E-state index in [4.69, 9.17) is 11.6 Å². The Morgan fingerprint density at radius 1 is 1.24 bits per heavy atom. The Hall–Kier alpha value is -2.07. The van der Waals surface area contributed by atoms with Gasteiger partial charge >= 0.3 is 0 Å². The molecule has 156 valence electrons. The summed E-state index contributed by atoms with van der Waals surface area (Å²) in [6.07, 6.45) is 3.81. The average molecular weight is 419 g/mol. The standard InChI is InChI=1S/C24H29ClF2N2/c1-15-13-16(2)28-17(3)21(15)14-29-12-10-19-8-9-20(7-6-11-24(5,26)27)23(25)22(19)18(29)4/h8-9,13,28H,3-4,6-7,10-12,14H2,1-2,5H3. The molecule has 0 radical (unpaired) electrons. The number of alkyl halides is 2. The number of nitrogens with zero attached hydrogens (tertiary/aromatic N) is 1. The highest BCUT2D eigenvalue weighted by Crippen LogP contribution is 2.37. The normalized spacial score (nSPS) is 17.3. The maximum atomic E-state index is 13.1. The van der Waals surface area contributed by atoms with Crippen LogP contribution < -0.4 is 5.32 Å². The van der Waals surface area contributed by atoms with E-state index in [9.17, 15) is 8.78 Å². The van der Waals surface area contributed by atoms with Gasteiger partial charge in [0.1, 0.15) is 0 Å². The number of nitrogens with one attached hydrogen (secondary N) is 1. The smallest absolute Gasteiger partial charge is 0.245 e. The van der Waals surface area contributed by atoms with Crippen molar-refractivity contribution in [1.29, 1.82) is 0 Å². The SMILES string of the molecule is C=C1NC(C)=CC(C)=C1CN1CCc2ccc(CCCC(C)(F)F)c(Cl)c2C1=C. The van der Waals surface area contributed by atoms with Crippen LogP contribution in [0.4, 0.5) is 8.78 Å². The first kappa shape index (κ1) is 21.6. The second-order valence-electron chi connectivity index (χ2n) is 8.21. The van der Waals surface area contributed by atoms with Crippen LogP contribution >= 0.6 is 11.6 Å². The molecule has 0 unspecified atom stereocenters. The summed E-state index contributed by atoms with van der Waals surface area (Å²) >= 11 is 6.73. The first-order chi connectivity index (χ1) is 13.6. The van der Waals surface area contributed by atoms with Gasteiger partial charge in [0.2, 0.25) is 5.92 Å². The largest absolute Gasteiger partial charge is 0.367 e. The number of allylic oxidation sites excluding steroid dienone is 3. The average Bonchev–Trinajstić information content (AvgIpc) is 2.60. The Morgan fingerprint density at radius 3 is 2.62 bits per heavy atom. The molecule has 2 heterocycles. The van der Waals surface area contributed by atoms with Crippen LogP contribution in [0.3, 0.4) is 0 Å². The van der Waals surface area contributed by atoms with Crippen molar-refractivity contribution in [1.82, 2.24) is 10.2 Å². The van der Waals surface area contributed by atoms with E-state index in [0.29, 0.717) is 24.4 Å². The van der Waals surface area contributed by atoms with E-state index in [1.54, 1.807) is 0 Å². The highest BCUT2D eigenvalue weighted by Gasteiger charge is 2.26. The Kier molecular flexibility index (Phi) is 6.23. The predicted octanol–water partition coefficient (Wildman–Crippen LogP) is 6.48. The van der Waals surface area contributed by atoms with E-state index in [1.807, 2.05) is 13.0 Å². The number of rotatable bonds is 6. The van der Waals surface area contributed by atoms with Crippen molar-refractivity contribution in [2.45, 2.75) is 52.4 Å². The summed E-state index contributed by atoms with van der Waals surface area (Å²) in [4.78, 5) is 2.23. The van der Waals surface area contributed by atoms with Gasteiger partial charge in [0, 0.05) is 42.2 Å². The Morgan fingerprint density at radius 2 is 1.97 bits per heavy atom. The Labute approximate surface area is 177 Å². The Bertz CT molecular complexity index is 906. The van der Waals surface area contributed by atoms with Gasteiger partial charge in [-0.15, -0.1) is 0 Å². The van der Waals surface area contributed by atoms with E-state index in [1.165, 1.54) is 11.1 Å². The van der Waals surface area contributed by atoms with Crippen LogP contribution in [0.2, 0.25) is 5.02 Å². The van der Waals surface area contributed by atoms with E-state index < -0.39 is 5.92 Å². The molecule has 0 aliphatic carbocycles. The van der Waals surface area contributed by atoms with Crippen LogP contribution in [-0.4, -0.2) is 23.9 Å². The van der Waals surface area contributed by atoms with Gasteiger partial charge in [0.25, 0.3) is 0 Å². The third kappa shape index (κ3) is 4.92. The molecule has 1 N–H and O–H groups in total. The maximum absolute atomic E-state index is 13.1. The fourth-order valence-corrected chi connectivity index (χ4v) is 4.48. The van der Waals surface area contributed by atoms with Crippen molar-refractivity contribution < 1.29 is 8.78 Å². The lowest BCUT2D eigenvalue weighted by Gasteiger charge is -2.36. The van der Waals surface area contributed by atoms with Crippen molar-refractivity contribution in [2.24, 2.45) is 0 Å². The number of benzene rings is 1. The van der Waals surface area contributed by atoms with Crippen molar-refractivity contribution in [3.63, 3.8) is 0 Å². The molecule has 0 bridgehead atoms. The van der Waals surface area contributed by atoms with Gasteiger partial charge in [-0.3, -0.25) is 0 Å². The van der Waals surface area contributed by atoms with Gasteiger partial charge in [0.15, 0.2) is 0 Å². The number of hydrogen-bond donors (Lipinski definition) is 1. The van der Waals surface area contributed by atoms with Crippen LogP contribution in [0.25, 0.3) is 5.70 Å². The molecule has 0 saturated heterocycles. The molecule has 3 rings (SSSR count). The third-order valence-electron chi connectivity index (χ3n) is 5.66. The minimum atomic E-state index is -2.64. The molecule has 0 aromatic heterocycles. The highest BCUT2D eigenvalue weighted by molar-refractivity contribution is 6.33. The lowest BCUT2D eigenvalue weighted by molar-refractivity contribution is 0.0111. The fraction of sp³-hybridized carbons (Fsp3) is 0.417. The molecule has 0 saturated carbocycles. The molecule has 29 heavy (non-hydrogen) atoms. The van der Waals surface area contributed by atoms with Crippen molar-refractivity contribution >= 4 is 17.3 Å². The van der Waals surface area contributed by atoms with E-state index in [2.05, 4.69) is 42.4 Å². The molecule has 0 amide bonds.